The molecule has 6 heteroatoms. The molecule has 1 aliphatic heterocycles. The van der Waals surface area contributed by atoms with Crippen molar-refractivity contribution >= 4 is 15.9 Å². The number of nitrogens with one attached hydrogen (secondary N) is 1. The molecule has 0 atom stereocenters. The minimum Gasteiger partial charge on any atom is -0.355 e. The first-order valence-electron chi connectivity index (χ1n) is 4.81. The molecule has 0 bridgehead atoms. The highest BCUT2D eigenvalue weighted by molar-refractivity contribution is 7.89. The van der Waals surface area contributed by atoms with E-state index in [1.54, 1.807) is 0 Å². The van der Waals surface area contributed by atoms with Crippen molar-refractivity contribution in [1.82, 2.24) is 9.62 Å². The third-order valence-electron chi connectivity index (χ3n) is 2.08. The Morgan fingerprint density at radius 3 is 2.86 bits per heavy atom. The molecule has 1 fully saturated rings. The van der Waals surface area contributed by atoms with Crippen molar-refractivity contribution in [2.24, 2.45) is 0 Å². The summed E-state index contributed by atoms with van der Waals surface area (Å²) in [5.74, 6) is -0.0810. The molecular weight excluding hydrogens is 204 g/mol. The molecule has 0 spiro atoms. The highest BCUT2D eigenvalue weighted by Crippen LogP contribution is 2.06. The molecule has 1 aliphatic rings. The Labute approximate surface area is 84.5 Å². The van der Waals surface area contributed by atoms with Gasteiger partial charge in [-0.3, -0.25) is 4.79 Å². The standard InChI is InChI=1S/C8H16N2O3S/c1-2-6-14(12,13)10-5-3-4-9-8(11)7-10/h2-7H2,1H3,(H,9,11). The quantitative estimate of drug-likeness (QED) is 0.700. The molecule has 0 aromatic heterocycles. The Bertz CT molecular complexity index is 300. The highest BCUT2D eigenvalue weighted by Gasteiger charge is 2.24. The van der Waals surface area contributed by atoms with Gasteiger partial charge in [0.2, 0.25) is 15.9 Å². The zero-order valence-corrected chi connectivity index (χ0v) is 9.14. The first-order chi connectivity index (χ1) is 6.56. The topological polar surface area (TPSA) is 66.5 Å². The molecule has 1 rings (SSSR count). The summed E-state index contributed by atoms with van der Waals surface area (Å²) in [6, 6.07) is 0. The van der Waals surface area contributed by atoms with Gasteiger partial charge in [-0.05, 0) is 12.8 Å². The van der Waals surface area contributed by atoms with Crippen molar-refractivity contribution in [2.75, 3.05) is 25.4 Å². The van der Waals surface area contributed by atoms with Crippen LogP contribution in [0.2, 0.25) is 0 Å². The molecule has 0 aromatic carbocycles. The van der Waals surface area contributed by atoms with Gasteiger partial charge in [0.15, 0.2) is 0 Å². The maximum Gasteiger partial charge on any atom is 0.235 e. The first-order valence-corrected chi connectivity index (χ1v) is 6.41. The average Bonchev–Trinajstić information content (AvgIpc) is 2.30. The van der Waals surface area contributed by atoms with Gasteiger partial charge in [0.1, 0.15) is 0 Å². The lowest BCUT2D eigenvalue weighted by atomic mass is 10.4. The van der Waals surface area contributed by atoms with Gasteiger partial charge in [0.25, 0.3) is 0 Å². The molecule has 1 amide bonds. The molecule has 5 nitrogen and oxygen atoms in total. The van der Waals surface area contributed by atoms with E-state index < -0.39 is 10.0 Å². The number of hydrogen-bond donors (Lipinski definition) is 1. The van der Waals surface area contributed by atoms with Gasteiger partial charge in [-0.15, -0.1) is 0 Å². The number of carbonyl (C=O) groups is 1. The summed E-state index contributed by atoms with van der Waals surface area (Å²) in [6.45, 7) is 2.80. The van der Waals surface area contributed by atoms with Crippen LogP contribution >= 0.6 is 0 Å². The first kappa shape index (κ1) is 11.5. The lowest BCUT2D eigenvalue weighted by Gasteiger charge is -2.17. The fourth-order valence-corrected chi connectivity index (χ4v) is 2.90. The molecule has 0 aromatic rings. The van der Waals surface area contributed by atoms with Crippen LogP contribution in [0.15, 0.2) is 0 Å². The Kier molecular flexibility index (Phi) is 3.88. The number of amides is 1. The third kappa shape index (κ3) is 2.95. The van der Waals surface area contributed by atoms with Crippen molar-refractivity contribution in [2.45, 2.75) is 19.8 Å². The van der Waals surface area contributed by atoms with Crippen LogP contribution < -0.4 is 5.32 Å². The molecule has 1 heterocycles. The predicted octanol–water partition coefficient (Wildman–Crippen LogP) is -0.452. The third-order valence-corrected chi connectivity index (χ3v) is 4.10. The number of nitrogens with zero attached hydrogens (tertiary/aromatic N) is 1. The lowest BCUT2D eigenvalue weighted by Crippen LogP contribution is -2.38. The summed E-state index contributed by atoms with van der Waals surface area (Å²) in [6.07, 6.45) is 1.27. The van der Waals surface area contributed by atoms with E-state index in [2.05, 4.69) is 5.32 Å². The van der Waals surface area contributed by atoms with Crippen LogP contribution in [0.1, 0.15) is 19.8 Å². The van der Waals surface area contributed by atoms with Crippen molar-refractivity contribution in [3.05, 3.63) is 0 Å². The number of rotatable bonds is 3. The Morgan fingerprint density at radius 1 is 1.50 bits per heavy atom. The van der Waals surface area contributed by atoms with Gasteiger partial charge < -0.3 is 5.32 Å². The minimum absolute atomic E-state index is 0.0255. The Morgan fingerprint density at radius 2 is 2.21 bits per heavy atom. The normalized spacial score (nSPS) is 20.2. The van der Waals surface area contributed by atoms with E-state index in [4.69, 9.17) is 0 Å². The maximum atomic E-state index is 11.6. The van der Waals surface area contributed by atoms with Crippen molar-refractivity contribution in [3.63, 3.8) is 0 Å². The van der Waals surface area contributed by atoms with Gasteiger partial charge >= 0.3 is 0 Å². The minimum atomic E-state index is -3.22. The SMILES string of the molecule is CCCS(=O)(=O)N1CCCNC(=O)C1. The van der Waals surface area contributed by atoms with Gasteiger partial charge in [-0.2, -0.15) is 4.31 Å². The Balaban J connectivity index is 2.70. The van der Waals surface area contributed by atoms with Crippen LogP contribution in [0.4, 0.5) is 0 Å². The van der Waals surface area contributed by atoms with Gasteiger partial charge in [-0.25, -0.2) is 8.42 Å². The summed E-state index contributed by atoms with van der Waals surface area (Å²) in [4.78, 5) is 11.1. The number of hydrogen-bond acceptors (Lipinski definition) is 3. The summed E-state index contributed by atoms with van der Waals surface area (Å²) in [5.41, 5.74) is 0. The predicted molar refractivity (Wildman–Crippen MR) is 53.3 cm³/mol. The summed E-state index contributed by atoms with van der Waals surface area (Å²) in [7, 11) is -3.22. The summed E-state index contributed by atoms with van der Waals surface area (Å²) < 4.78 is 24.5. The zero-order chi connectivity index (χ0) is 10.6. The van der Waals surface area contributed by atoms with Gasteiger partial charge in [0, 0.05) is 13.1 Å². The van der Waals surface area contributed by atoms with E-state index in [0.717, 1.165) is 0 Å². The maximum absolute atomic E-state index is 11.6. The van der Waals surface area contributed by atoms with Crippen molar-refractivity contribution in [3.8, 4) is 0 Å². The van der Waals surface area contributed by atoms with E-state index in [-0.39, 0.29) is 18.2 Å². The monoisotopic (exact) mass is 220 g/mol. The fraction of sp³-hybridized carbons (Fsp3) is 0.875. The zero-order valence-electron chi connectivity index (χ0n) is 8.32. The second-order valence-electron chi connectivity index (χ2n) is 3.35. The van der Waals surface area contributed by atoms with E-state index in [0.29, 0.717) is 25.9 Å². The highest BCUT2D eigenvalue weighted by atomic mass is 32.2. The van der Waals surface area contributed by atoms with Crippen LogP contribution in [-0.2, 0) is 14.8 Å². The lowest BCUT2D eigenvalue weighted by molar-refractivity contribution is -0.120. The summed E-state index contributed by atoms with van der Waals surface area (Å²) >= 11 is 0. The van der Waals surface area contributed by atoms with Crippen LogP contribution in [0.25, 0.3) is 0 Å². The second-order valence-corrected chi connectivity index (χ2v) is 5.44. The van der Waals surface area contributed by atoms with Gasteiger partial charge in [0.05, 0.1) is 12.3 Å². The van der Waals surface area contributed by atoms with E-state index in [1.165, 1.54) is 4.31 Å². The van der Waals surface area contributed by atoms with Crippen molar-refractivity contribution in [1.29, 1.82) is 0 Å². The molecule has 0 radical (unpaired) electrons. The Hall–Kier alpha value is -0.620. The summed E-state index contributed by atoms with van der Waals surface area (Å²) in [5, 5.41) is 2.64. The number of sulfonamides is 1. The molecule has 82 valence electrons. The van der Waals surface area contributed by atoms with E-state index in [9.17, 15) is 13.2 Å². The van der Waals surface area contributed by atoms with E-state index >= 15 is 0 Å². The van der Waals surface area contributed by atoms with Crippen molar-refractivity contribution < 1.29 is 13.2 Å². The smallest absolute Gasteiger partial charge is 0.235 e. The van der Waals surface area contributed by atoms with Crippen LogP contribution in [-0.4, -0.2) is 44.0 Å². The molecule has 1 saturated heterocycles. The average molecular weight is 220 g/mol. The molecular formula is C8H16N2O3S. The van der Waals surface area contributed by atoms with E-state index in [1.807, 2.05) is 6.92 Å². The van der Waals surface area contributed by atoms with Crippen LogP contribution in [0.5, 0.6) is 0 Å². The molecule has 0 aliphatic carbocycles. The molecule has 14 heavy (non-hydrogen) atoms. The second kappa shape index (κ2) is 4.75. The molecule has 0 saturated carbocycles. The van der Waals surface area contributed by atoms with Crippen LogP contribution in [0, 0.1) is 0 Å². The molecule has 1 N–H and O–H groups in total. The largest absolute Gasteiger partial charge is 0.355 e. The van der Waals surface area contributed by atoms with Crippen LogP contribution in [0.3, 0.4) is 0 Å². The molecule has 0 unspecified atom stereocenters. The van der Waals surface area contributed by atoms with Gasteiger partial charge in [-0.1, -0.05) is 6.92 Å². The fourth-order valence-electron chi connectivity index (χ4n) is 1.40. The number of carbonyl (C=O) groups excluding carboxylic acids is 1.